The van der Waals surface area contributed by atoms with Gasteiger partial charge in [0.2, 0.25) is 0 Å². The Kier molecular flexibility index (Phi) is 2.30. The lowest BCUT2D eigenvalue weighted by atomic mass is 10.0. The lowest BCUT2D eigenvalue weighted by Gasteiger charge is -2.19. The maximum Gasteiger partial charge on any atom is 0.0862 e. The highest BCUT2D eigenvalue weighted by atomic mass is 16.3. The molecule has 0 aromatic heterocycles. The van der Waals surface area contributed by atoms with Crippen LogP contribution in [0.2, 0.25) is 0 Å². The molecule has 1 unspecified atom stereocenters. The Morgan fingerprint density at radius 3 is 2.88 bits per heavy atom. The van der Waals surface area contributed by atoms with Gasteiger partial charge in [-0.05, 0) is 25.3 Å². The van der Waals surface area contributed by atoms with E-state index >= 15 is 0 Å². The van der Waals surface area contributed by atoms with E-state index in [-0.39, 0.29) is 6.61 Å². The Bertz CT molecular complexity index is 59.5. The first-order valence-electron chi connectivity index (χ1n) is 3.22. The van der Waals surface area contributed by atoms with E-state index in [0.29, 0.717) is 5.92 Å². The minimum atomic E-state index is 0.104. The quantitative estimate of drug-likeness (QED) is 0.526. The first-order valence-corrected chi connectivity index (χ1v) is 3.22. The van der Waals surface area contributed by atoms with E-state index in [1.807, 2.05) is 0 Å². The fourth-order valence-corrected chi connectivity index (χ4v) is 1.07. The second kappa shape index (κ2) is 3.05. The summed E-state index contributed by atoms with van der Waals surface area (Å²) in [4.78, 5) is 0. The predicted molar refractivity (Wildman–Crippen MR) is 31.1 cm³/mol. The fraction of sp³-hybridized carbons (Fsp3) is 1.00. The molecule has 1 radical (unpaired) electrons. The average molecular weight is 114 g/mol. The molecule has 1 saturated heterocycles. The normalized spacial score (nSPS) is 30.4. The average Bonchev–Trinajstić information content (AvgIpc) is 1.90. The van der Waals surface area contributed by atoms with Gasteiger partial charge in [-0.15, -0.1) is 0 Å². The van der Waals surface area contributed by atoms with Crippen molar-refractivity contribution in [3.05, 3.63) is 0 Å². The Morgan fingerprint density at radius 2 is 2.50 bits per heavy atom. The summed E-state index contributed by atoms with van der Waals surface area (Å²) in [5, 5.41) is 13.4. The highest BCUT2D eigenvalue weighted by Crippen LogP contribution is 2.07. The van der Waals surface area contributed by atoms with Crippen molar-refractivity contribution in [2.75, 3.05) is 19.7 Å². The molecule has 1 N–H and O–H groups in total. The molecule has 0 saturated carbocycles. The van der Waals surface area contributed by atoms with Crippen molar-refractivity contribution in [3.63, 3.8) is 0 Å². The lowest BCUT2D eigenvalue weighted by Crippen LogP contribution is -2.31. The van der Waals surface area contributed by atoms with Crippen molar-refractivity contribution >= 4 is 0 Å². The molecule has 0 aliphatic carbocycles. The summed E-state index contributed by atoms with van der Waals surface area (Å²) in [5.41, 5.74) is 0. The van der Waals surface area contributed by atoms with Crippen LogP contribution in [0.4, 0.5) is 0 Å². The molecular formula is C6H12NO. The van der Waals surface area contributed by atoms with Crippen LogP contribution in [0.1, 0.15) is 12.8 Å². The zero-order chi connectivity index (χ0) is 5.82. The van der Waals surface area contributed by atoms with Gasteiger partial charge in [0.15, 0.2) is 0 Å². The molecule has 1 rings (SSSR count). The summed E-state index contributed by atoms with van der Waals surface area (Å²) in [6.45, 7) is 2.16. The largest absolute Gasteiger partial charge is 0.316 e. The molecule has 0 aromatic rings. The van der Waals surface area contributed by atoms with E-state index in [1.165, 1.54) is 6.42 Å². The topological polar surface area (TPSA) is 31.9 Å². The molecule has 2 nitrogen and oxygen atoms in total. The molecule has 0 amide bonds. The molecule has 1 fully saturated rings. The predicted octanol–water partition coefficient (Wildman–Crippen LogP) is 0.417. The minimum Gasteiger partial charge on any atom is -0.316 e. The zero-order valence-electron chi connectivity index (χ0n) is 5.02. The van der Waals surface area contributed by atoms with Crippen LogP contribution in [0, 0.1) is 5.92 Å². The Morgan fingerprint density at radius 1 is 1.62 bits per heavy atom. The Labute approximate surface area is 49.9 Å². The smallest absolute Gasteiger partial charge is 0.0862 e. The molecule has 0 spiro atoms. The van der Waals surface area contributed by atoms with Crippen molar-refractivity contribution in [2.45, 2.75) is 12.8 Å². The third-order valence-electron chi connectivity index (χ3n) is 1.63. The van der Waals surface area contributed by atoms with Crippen molar-refractivity contribution in [1.29, 1.82) is 0 Å². The van der Waals surface area contributed by atoms with Crippen molar-refractivity contribution in [3.8, 4) is 0 Å². The number of hydrogen-bond donors (Lipinski definition) is 1. The van der Waals surface area contributed by atoms with Gasteiger partial charge in [-0.1, -0.05) is 0 Å². The van der Waals surface area contributed by atoms with E-state index in [0.717, 1.165) is 19.5 Å². The Balaban J connectivity index is 2.13. The SMILES string of the molecule is [O]CC1CCCNC1. The summed E-state index contributed by atoms with van der Waals surface area (Å²) in [6.07, 6.45) is 2.32. The molecule has 0 aromatic carbocycles. The van der Waals surface area contributed by atoms with Crippen molar-refractivity contribution in [2.24, 2.45) is 5.92 Å². The lowest BCUT2D eigenvalue weighted by molar-refractivity contribution is 0.128. The molecule has 1 aliphatic rings. The third kappa shape index (κ3) is 1.46. The van der Waals surface area contributed by atoms with Crippen molar-refractivity contribution < 1.29 is 5.11 Å². The standard InChI is InChI=1S/C6H12NO/c8-5-6-2-1-3-7-4-6/h6-7H,1-5H2. The molecular weight excluding hydrogens is 102 g/mol. The summed E-state index contributed by atoms with van der Waals surface area (Å²) >= 11 is 0. The van der Waals surface area contributed by atoms with Gasteiger partial charge in [0.1, 0.15) is 0 Å². The highest BCUT2D eigenvalue weighted by molar-refractivity contribution is 4.66. The van der Waals surface area contributed by atoms with Gasteiger partial charge >= 0.3 is 0 Å². The number of nitrogens with one attached hydrogen (secondary N) is 1. The summed E-state index contributed by atoms with van der Waals surface area (Å²) in [5.74, 6) is 0.420. The van der Waals surface area contributed by atoms with Gasteiger partial charge in [-0.25, -0.2) is 5.11 Å². The van der Waals surface area contributed by atoms with E-state index < -0.39 is 0 Å². The van der Waals surface area contributed by atoms with Crippen LogP contribution in [-0.4, -0.2) is 19.7 Å². The van der Waals surface area contributed by atoms with Gasteiger partial charge in [0, 0.05) is 6.54 Å². The molecule has 8 heavy (non-hydrogen) atoms. The highest BCUT2D eigenvalue weighted by Gasteiger charge is 2.10. The van der Waals surface area contributed by atoms with Gasteiger partial charge in [-0.3, -0.25) is 0 Å². The van der Waals surface area contributed by atoms with Crippen LogP contribution in [0.15, 0.2) is 0 Å². The van der Waals surface area contributed by atoms with Gasteiger partial charge in [0.05, 0.1) is 6.61 Å². The molecule has 2 heteroatoms. The number of piperidine rings is 1. The first kappa shape index (κ1) is 6.05. The minimum absolute atomic E-state index is 0.104. The summed E-state index contributed by atoms with van der Waals surface area (Å²) in [6, 6.07) is 0. The van der Waals surface area contributed by atoms with Crippen LogP contribution in [0.3, 0.4) is 0 Å². The second-order valence-corrected chi connectivity index (χ2v) is 2.38. The summed E-state index contributed by atoms with van der Waals surface area (Å²) < 4.78 is 0. The Hall–Kier alpha value is -0.0800. The fourth-order valence-electron chi connectivity index (χ4n) is 1.07. The van der Waals surface area contributed by atoms with Crippen LogP contribution < -0.4 is 5.32 Å². The van der Waals surface area contributed by atoms with E-state index in [9.17, 15) is 5.11 Å². The van der Waals surface area contributed by atoms with Crippen molar-refractivity contribution in [1.82, 2.24) is 5.32 Å². The van der Waals surface area contributed by atoms with E-state index in [1.54, 1.807) is 0 Å². The molecule has 1 heterocycles. The summed E-state index contributed by atoms with van der Waals surface area (Å²) in [7, 11) is 0. The van der Waals surface area contributed by atoms with Gasteiger partial charge in [-0.2, -0.15) is 0 Å². The van der Waals surface area contributed by atoms with E-state index in [2.05, 4.69) is 5.32 Å². The van der Waals surface area contributed by atoms with Crippen LogP contribution in [-0.2, 0) is 5.11 Å². The molecule has 1 atom stereocenters. The van der Waals surface area contributed by atoms with E-state index in [4.69, 9.17) is 0 Å². The van der Waals surface area contributed by atoms with Gasteiger partial charge in [0.25, 0.3) is 0 Å². The third-order valence-corrected chi connectivity index (χ3v) is 1.63. The maximum atomic E-state index is 10.2. The molecule has 1 aliphatic heterocycles. The van der Waals surface area contributed by atoms with Gasteiger partial charge < -0.3 is 5.32 Å². The number of hydrogen-bond acceptors (Lipinski definition) is 1. The van der Waals surface area contributed by atoms with Crippen LogP contribution in [0.25, 0.3) is 0 Å². The molecule has 47 valence electrons. The zero-order valence-corrected chi connectivity index (χ0v) is 5.02. The second-order valence-electron chi connectivity index (χ2n) is 2.38. The van der Waals surface area contributed by atoms with Crippen LogP contribution >= 0.6 is 0 Å². The number of rotatable bonds is 1. The monoisotopic (exact) mass is 114 g/mol. The molecule has 0 bridgehead atoms. The van der Waals surface area contributed by atoms with Crippen LogP contribution in [0.5, 0.6) is 0 Å². The maximum absolute atomic E-state index is 10.2. The first-order chi connectivity index (χ1) is 3.93.